The number of phenolic OH excluding ortho intramolecular Hbond substituents is 1. The van der Waals surface area contributed by atoms with Gasteiger partial charge in [-0.05, 0) is 121 Å². The molecule has 4 aromatic rings. The number of hydrogen-bond acceptors (Lipinski definition) is 7. The van der Waals surface area contributed by atoms with E-state index in [2.05, 4.69) is 93.3 Å². The van der Waals surface area contributed by atoms with Crippen molar-refractivity contribution in [2.75, 3.05) is 55.7 Å². The Bertz CT molecular complexity index is 2290. The van der Waals surface area contributed by atoms with Gasteiger partial charge in [0.25, 0.3) is 5.91 Å². The Labute approximate surface area is 341 Å². The number of piperazine rings is 1. The lowest BCUT2D eigenvalue weighted by molar-refractivity contribution is -0.126. The van der Waals surface area contributed by atoms with Gasteiger partial charge >= 0.3 is 0 Å². The quantitative estimate of drug-likeness (QED) is 0.215. The minimum Gasteiger partial charge on any atom is -0.508 e. The molecule has 298 valence electrons. The van der Waals surface area contributed by atoms with Crippen molar-refractivity contribution in [2.24, 2.45) is 11.3 Å². The van der Waals surface area contributed by atoms with E-state index in [4.69, 9.17) is 4.74 Å². The Kier molecular flexibility index (Phi) is 8.61. The normalized spacial score (nSPS) is 29.0. The van der Waals surface area contributed by atoms with Crippen molar-refractivity contribution in [3.05, 3.63) is 131 Å². The zero-order valence-electron chi connectivity index (χ0n) is 33.2. The van der Waals surface area contributed by atoms with E-state index in [-0.39, 0.29) is 17.7 Å². The van der Waals surface area contributed by atoms with Crippen molar-refractivity contribution in [1.29, 1.82) is 0 Å². The second kappa shape index (κ2) is 13.9. The molecule has 4 aromatic carbocycles. The third kappa shape index (κ3) is 6.07. The Morgan fingerprint density at radius 2 is 1.72 bits per heavy atom. The number of carbonyl (C=O) groups excluding carboxylic acids is 2. The lowest BCUT2D eigenvalue weighted by Crippen LogP contribution is -2.58. The number of ether oxygens (including phenoxy) is 1. The summed E-state index contributed by atoms with van der Waals surface area (Å²) in [7, 11) is 0. The van der Waals surface area contributed by atoms with Gasteiger partial charge in [-0.2, -0.15) is 0 Å². The molecule has 11 rings (SSSR count). The zero-order chi connectivity index (χ0) is 39.1. The molecule has 2 amide bonds. The number of benzene rings is 4. The predicted octanol–water partition coefficient (Wildman–Crippen LogP) is 7.19. The van der Waals surface area contributed by atoms with Gasteiger partial charge in [0.05, 0.1) is 18.3 Å². The number of carbonyl (C=O) groups is 2. The summed E-state index contributed by atoms with van der Waals surface area (Å²) in [4.78, 5) is 35.7. The molecule has 9 nitrogen and oxygen atoms in total. The lowest BCUT2D eigenvalue weighted by atomic mass is 9.61. The second-order valence-corrected chi connectivity index (χ2v) is 18.4. The maximum atomic E-state index is 13.5. The number of aromatic hydroxyl groups is 1. The van der Waals surface area contributed by atoms with Crippen LogP contribution in [0.2, 0.25) is 0 Å². The van der Waals surface area contributed by atoms with Gasteiger partial charge in [0.1, 0.15) is 24.1 Å². The van der Waals surface area contributed by atoms with Crippen molar-refractivity contribution in [3.8, 4) is 11.5 Å². The van der Waals surface area contributed by atoms with Crippen LogP contribution in [-0.4, -0.2) is 84.7 Å². The van der Waals surface area contributed by atoms with Gasteiger partial charge < -0.3 is 29.9 Å². The lowest BCUT2D eigenvalue weighted by Gasteiger charge is -2.50. The van der Waals surface area contributed by atoms with Crippen molar-refractivity contribution < 1.29 is 19.4 Å². The molecule has 0 radical (unpaired) electrons. The molecule has 5 heterocycles. The molecule has 2 aliphatic carbocycles. The summed E-state index contributed by atoms with van der Waals surface area (Å²) >= 11 is 0. The van der Waals surface area contributed by atoms with E-state index in [1.807, 2.05) is 18.2 Å². The molecule has 7 aliphatic rings. The Morgan fingerprint density at radius 3 is 2.55 bits per heavy atom. The number of allylic oxidation sites excluding steroid dienone is 1. The van der Waals surface area contributed by atoms with E-state index in [0.29, 0.717) is 54.7 Å². The van der Waals surface area contributed by atoms with Crippen LogP contribution in [0, 0.1) is 11.3 Å². The number of nitrogens with one attached hydrogen (secondary N) is 1. The number of aryl methyl sites for hydroxylation is 1. The van der Waals surface area contributed by atoms with E-state index in [9.17, 15) is 14.7 Å². The average molecular weight is 776 g/mol. The van der Waals surface area contributed by atoms with Crippen LogP contribution in [0.15, 0.2) is 97.2 Å². The summed E-state index contributed by atoms with van der Waals surface area (Å²) in [5, 5.41) is 13.1. The highest BCUT2D eigenvalue weighted by atomic mass is 16.5. The summed E-state index contributed by atoms with van der Waals surface area (Å²) in [6.07, 6.45) is 7.24. The maximum Gasteiger partial charge on any atom is 0.255 e. The molecule has 1 saturated carbocycles. The Hall–Kier alpha value is -5.28. The highest BCUT2D eigenvalue weighted by Crippen LogP contribution is 2.53. The molecule has 1 spiro atoms. The molecule has 0 aromatic heterocycles. The molecule has 4 atom stereocenters. The Balaban J connectivity index is 0.707. The van der Waals surface area contributed by atoms with E-state index < -0.39 is 6.04 Å². The molecule has 3 saturated heterocycles. The fraction of sp³-hybridized carbons (Fsp3) is 0.429. The van der Waals surface area contributed by atoms with Crippen molar-refractivity contribution in [2.45, 2.75) is 75.4 Å². The summed E-state index contributed by atoms with van der Waals surface area (Å²) in [6, 6.07) is 30.3. The highest BCUT2D eigenvalue weighted by molar-refractivity contribution is 6.03. The smallest absolute Gasteiger partial charge is 0.255 e. The molecule has 2 unspecified atom stereocenters. The van der Waals surface area contributed by atoms with Crippen molar-refractivity contribution in [1.82, 2.24) is 15.1 Å². The van der Waals surface area contributed by atoms with Crippen LogP contribution < -0.4 is 19.9 Å². The third-order valence-corrected chi connectivity index (χ3v) is 14.9. The minimum absolute atomic E-state index is 0.0796. The topological polar surface area (TPSA) is 88.6 Å². The highest BCUT2D eigenvalue weighted by Gasteiger charge is 2.49. The van der Waals surface area contributed by atoms with Gasteiger partial charge in [-0.25, -0.2) is 0 Å². The number of piperidine rings is 1. The monoisotopic (exact) mass is 775 g/mol. The van der Waals surface area contributed by atoms with Gasteiger partial charge in [-0.15, -0.1) is 0 Å². The molecule has 58 heavy (non-hydrogen) atoms. The van der Waals surface area contributed by atoms with Crippen LogP contribution in [0.5, 0.6) is 11.5 Å². The first-order chi connectivity index (χ1) is 28.3. The van der Waals surface area contributed by atoms with Crippen LogP contribution in [0.1, 0.15) is 88.5 Å². The van der Waals surface area contributed by atoms with E-state index in [1.54, 1.807) is 4.90 Å². The van der Waals surface area contributed by atoms with Crippen molar-refractivity contribution in [3.63, 3.8) is 0 Å². The average Bonchev–Trinajstić information content (AvgIpc) is 3.82. The van der Waals surface area contributed by atoms with Gasteiger partial charge in [0.15, 0.2) is 0 Å². The standard InChI is InChI=1S/C49H53N5O4/c1-31-7-17-44(47(56)50-31)54-28-42-41(48(54)57)16-18-43-46(42)58-29-37-27-51(21-22-53(37)43)26-32-24-49(25-32)19-20-52(30-49)36-11-8-34(9-12-36)45-39(33-5-3-2-4-6-33)14-10-35-23-38(55)13-15-40(35)45/h2-6,8-9,11-13,15-16,18,23,32,37,39,44-45,55H,1,7,10,14,17,19-22,24-30H2,(H,50,56)/t32?,37-,39-,44?,45?,49?/m1/s1. The largest absolute Gasteiger partial charge is 0.508 e. The molecular formula is C49H53N5O4. The fourth-order valence-electron chi connectivity index (χ4n) is 12.1. The van der Waals surface area contributed by atoms with Gasteiger partial charge in [-0.3, -0.25) is 14.5 Å². The SMILES string of the molecule is C=C1CCC(N2Cc3c(ccc4c3OC[C@H]3CN(CC5CC6(CCN(c7ccc(C8c9ccc(O)cc9CC[C@@H]8c8ccccc8)cc7)C6)C5)CCN43)C2=O)C(=O)N1. The number of phenols is 1. The first kappa shape index (κ1) is 35.8. The first-order valence-corrected chi connectivity index (χ1v) is 21.6. The van der Waals surface area contributed by atoms with E-state index >= 15 is 0 Å². The number of hydrogen-bond donors (Lipinski definition) is 2. The first-order valence-electron chi connectivity index (χ1n) is 21.6. The van der Waals surface area contributed by atoms with Crippen LogP contribution >= 0.6 is 0 Å². The zero-order valence-corrected chi connectivity index (χ0v) is 33.2. The summed E-state index contributed by atoms with van der Waals surface area (Å²) < 4.78 is 6.50. The number of rotatable bonds is 6. The fourth-order valence-corrected chi connectivity index (χ4v) is 12.1. The summed E-state index contributed by atoms with van der Waals surface area (Å²) in [5.41, 5.74) is 10.5. The predicted molar refractivity (Wildman–Crippen MR) is 226 cm³/mol. The van der Waals surface area contributed by atoms with Gasteiger partial charge in [-0.1, -0.05) is 55.1 Å². The number of fused-ring (bicyclic) bond motifs is 6. The minimum atomic E-state index is -0.470. The molecule has 4 fully saturated rings. The summed E-state index contributed by atoms with van der Waals surface area (Å²) in [6.45, 7) is 11.3. The second-order valence-electron chi connectivity index (χ2n) is 18.4. The number of anilines is 2. The van der Waals surface area contributed by atoms with E-state index in [0.717, 1.165) is 80.7 Å². The van der Waals surface area contributed by atoms with Crippen LogP contribution in [-0.2, 0) is 17.8 Å². The maximum absolute atomic E-state index is 13.5. The molecular weight excluding hydrogens is 723 g/mol. The van der Waals surface area contributed by atoms with Crippen LogP contribution in [0.3, 0.4) is 0 Å². The van der Waals surface area contributed by atoms with Crippen LogP contribution in [0.25, 0.3) is 0 Å². The molecule has 5 aliphatic heterocycles. The molecule has 9 heteroatoms. The van der Waals surface area contributed by atoms with Gasteiger partial charge in [0, 0.05) is 67.7 Å². The Morgan fingerprint density at radius 1 is 0.879 bits per heavy atom. The third-order valence-electron chi connectivity index (χ3n) is 14.9. The number of amides is 2. The van der Waals surface area contributed by atoms with Gasteiger partial charge in [0.2, 0.25) is 5.91 Å². The summed E-state index contributed by atoms with van der Waals surface area (Å²) in [5.74, 6) is 2.39. The molecule has 0 bridgehead atoms. The van der Waals surface area contributed by atoms with Crippen molar-refractivity contribution >= 4 is 23.2 Å². The van der Waals surface area contributed by atoms with Crippen LogP contribution in [0.4, 0.5) is 11.4 Å². The van der Waals surface area contributed by atoms with E-state index in [1.165, 1.54) is 47.2 Å². The number of nitrogens with zero attached hydrogens (tertiary/aromatic N) is 4. The molecule has 2 N–H and O–H groups in total.